The number of fused-ring (bicyclic) bond motifs is 5. The number of ether oxygens (including phenoxy) is 2. The van der Waals surface area contributed by atoms with E-state index in [9.17, 15) is 19.5 Å². The van der Waals surface area contributed by atoms with Gasteiger partial charge in [0.25, 0.3) is 5.56 Å². The van der Waals surface area contributed by atoms with Crippen molar-refractivity contribution in [1.82, 2.24) is 9.55 Å². The highest BCUT2D eigenvalue weighted by molar-refractivity contribution is 5.90. The number of aliphatic hydroxyl groups is 1. The molecule has 0 aliphatic carbocycles. The van der Waals surface area contributed by atoms with E-state index >= 15 is 0 Å². The molecule has 1 aromatic carbocycles. The maximum Gasteiger partial charge on any atom is 0.343 e. The summed E-state index contributed by atoms with van der Waals surface area (Å²) in [5, 5.41) is 11.8. The van der Waals surface area contributed by atoms with Crippen molar-refractivity contribution in [2.75, 3.05) is 6.54 Å². The van der Waals surface area contributed by atoms with Crippen LogP contribution in [0.2, 0.25) is 0 Å². The minimum atomic E-state index is -1.87. The standard InChI is InChI=1S/C24H23N3O6/c1-3-24(31)17-9-19-21-13(10-27(19)22(29)16(17)11-32-23(24)30)8-15-14(6-7-25)20(33-12(2)28)5-4-18(15)26-21/h4-5,8-9,31H,3,6-7,10-11,25H2,1-2H3/t24-/m0/s1. The van der Waals surface area contributed by atoms with Gasteiger partial charge in [-0.1, -0.05) is 6.92 Å². The Hall–Kier alpha value is -3.56. The van der Waals surface area contributed by atoms with Crippen molar-refractivity contribution in [2.45, 2.75) is 45.4 Å². The van der Waals surface area contributed by atoms with Gasteiger partial charge in [0.15, 0.2) is 5.60 Å². The molecular formula is C24H23N3O6. The van der Waals surface area contributed by atoms with Crippen molar-refractivity contribution in [2.24, 2.45) is 5.73 Å². The molecule has 9 nitrogen and oxygen atoms in total. The Balaban J connectivity index is 1.73. The number of cyclic esters (lactones) is 1. The lowest BCUT2D eigenvalue weighted by atomic mass is 9.86. The minimum absolute atomic E-state index is 0.0844. The number of rotatable bonds is 4. The number of pyridine rings is 2. The third-order valence-corrected chi connectivity index (χ3v) is 6.41. The monoisotopic (exact) mass is 449 g/mol. The first-order valence-corrected chi connectivity index (χ1v) is 10.8. The van der Waals surface area contributed by atoms with E-state index in [1.54, 1.807) is 29.7 Å². The summed E-state index contributed by atoms with van der Waals surface area (Å²) in [4.78, 5) is 41.9. The number of esters is 2. The van der Waals surface area contributed by atoms with Gasteiger partial charge in [-0.05, 0) is 43.7 Å². The molecule has 0 fully saturated rings. The maximum atomic E-state index is 13.3. The van der Waals surface area contributed by atoms with Gasteiger partial charge in [-0.25, -0.2) is 9.78 Å². The molecule has 5 rings (SSSR count). The number of hydrogen-bond acceptors (Lipinski definition) is 8. The lowest BCUT2D eigenvalue weighted by Gasteiger charge is -2.31. The largest absolute Gasteiger partial charge is 0.458 e. The van der Waals surface area contributed by atoms with Crippen LogP contribution in [0.1, 0.15) is 42.5 Å². The van der Waals surface area contributed by atoms with Crippen molar-refractivity contribution < 1.29 is 24.2 Å². The summed E-state index contributed by atoms with van der Waals surface area (Å²) in [6.07, 6.45) is 0.575. The van der Waals surface area contributed by atoms with Crippen molar-refractivity contribution in [3.8, 4) is 17.1 Å². The van der Waals surface area contributed by atoms with E-state index in [4.69, 9.17) is 20.2 Å². The van der Waals surface area contributed by atoms with Crippen molar-refractivity contribution >= 4 is 22.8 Å². The van der Waals surface area contributed by atoms with E-state index in [0.717, 1.165) is 16.5 Å². The second kappa shape index (κ2) is 7.50. The maximum absolute atomic E-state index is 13.3. The zero-order valence-electron chi connectivity index (χ0n) is 18.3. The number of nitrogens with zero attached hydrogens (tertiary/aromatic N) is 2. The van der Waals surface area contributed by atoms with Gasteiger partial charge < -0.3 is 24.9 Å². The van der Waals surface area contributed by atoms with E-state index < -0.39 is 17.5 Å². The van der Waals surface area contributed by atoms with Crippen LogP contribution in [0.3, 0.4) is 0 Å². The van der Waals surface area contributed by atoms with Gasteiger partial charge in [-0.15, -0.1) is 0 Å². The number of hydrogen-bond donors (Lipinski definition) is 2. The zero-order chi connectivity index (χ0) is 23.5. The average molecular weight is 449 g/mol. The van der Waals surface area contributed by atoms with Gasteiger partial charge in [-0.3, -0.25) is 9.59 Å². The van der Waals surface area contributed by atoms with Gasteiger partial charge in [0.2, 0.25) is 0 Å². The molecule has 3 N–H and O–H groups in total. The van der Waals surface area contributed by atoms with Crippen molar-refractivity contribution in [1.29, 1.82) is 0 Å². The number of nitrogens with two attached hydrogens (primary N) is 1. The molecular weight excluding hydrogens is 426 g/mol. The predicted molar refractivity (Wildman–Crippen MR) is 119 cm³/mol. The Bertz CT molecular complexity index is 1410. The van der Waals surface area contributed by atoms with E-state index in [2.05, 4.69) is 0 Å². The lowest BCUT2D eigenvalue weighted by molar-refractivity contribution is -0.172. The molecule has 3 aromatic rings. The molecule has 4 heterocycles. The highest BCUT2D eigenvalue weighted by Crippen LogP contribution is 2.39. The second-order valence-corrected chi connectivity index (χ2v) is 8.34. The molecule has 0 spiro atoms. The van der Waals surface area contributed by atoms with Crippen molar-refractivity contribution in [3.63, 3.8) is 0 Å². The third kappa shape index (κ3) is 3.07. The smallest absolute Gasteiger partial charge is 0.343 e. The zero-order valence-corrected chi connectivity index (χ0v) is 18.3. The first-order valence-electron chi connectivity index (χ1n) is 10.8. The van der Waals surface area contributed by atoms with Gasteiger partial charge in [0.05, 0.1) is 29.0 Å². The summed E-state index contributed by atoms with van der Waals surface area (Å²) < 4.78 is 12.1. The Labute approximate surface area is 188 Å². The topological polar surface area (TPSA) is 134 Å². The quantitative estimate of drug-likeness (QED) is 0.354. The van der Waals surface area contributed by atoms with E-state index in [1.807, 2.05) is 6.07 Å². The van der Waals surface area contributed by atoms with Crippen LogP contribution in [0.4, 0.5) is 0 Å². The summed E-state index contributed by atoms with van der Waals surface area (Å²) in [5.74, 6) is -0.739. The van der Waals surface area contributed by atoms with E-state index in [0.29, 0.717) is 35.6 Å². The molecule has 2 aliphatic rings. The fraction of sp³-hybridized carbons (Fsp3) is 0.333. The molecule has 33 heavy (non-hydrogen) atoms. The summed E-state index contributed by atoms with van der Waals surface area (Å²) in [6.45, 7) is 3.49. The number of aromatic nitrogens is 2. The Morgan fingerprint density at radius 3 is 2.82 bits per heavy atom. The Morgan fingerprint density at radius 2 is 2.12 bits per heavy atom. The molecule has 9 heteroatoms. The summed E-state index contributed by atoms with van der Waals surface area (Å²) in [6, 6.07) is 7.07. The molecule has 1 atom stereocenters. The molecule has 0 saturated heterocycles. The molecule has 0 unspecified atom stereocenters. The Morgan fingerprint density at radius 1 is 1.33 bits per heavy atom. The van der Waals surface area contributed by atoms with E-state index in [-0.39, 0.29) is 36.3 Å². The molecule has 2 aromatic heterocycles. The van der Waals surface area contributed by atoms with Gasteiger partial charge in [0, 0.05) is 29.0 Å². The Kier molecular flexibility index (Phi) is 4.84. The van der Waals surface area contributed by atoms with E-state index in [1.165, 1.54) is 6.92 Å². The van der Waals surface area contributed by atoms with Crippen LogP contribution >= 0.6 is 0 Å². The highest BCUT2D eigenvalue weighted by atomic mass is 16.6. The van der Waals surface area contributed by atoms with Crippen LogP contribution in [0.15, 0.2) is 29.1 Å². The van der Waals surface area contributed by atoms with Crippen LogP contribution in [0.5, 0.6) is 5.75 Å². The minimum Gasteiger partial charge on any atom is -0.458 e. The number of benzene rings is 1. The fourth-order valence-electron chi connectivity index (χ4n) is 4.74. The van der Waals surface area contributed by atoms with Gasteiger partial charge in [-0.2, -0.15) is 0 Å². The first kappa shape index (κ1) is 21.3. The second-order valence-electron chi connectivity index (χ2n) is 8.34. The third-order valence-electron chi connectivity index (χ3n) is 6.41. The molecule has 0 radical (unpaired) electrons. The SMILES string of the molecule is CC[C@@]1(O)C(=O)OCc2c1cc1n(c2=O)Cc2cc3c(CCN)c(OC(C)=O)ccc3nc2-1. The van der Waals surface area contributed by atoms with Gasteiger partial charge in [0.1, 0.15) is 12.4 Å². The molecule has 0 amide bonds. The van der Waals surface area contributed by atoms with Crippen LogP contribution in [-0.4, -0.2) is 33.1 Å². The van der Waals surface area contributed by atoms with Gasteiger partial charge >= 0.3 is 11.9 Å². The van der Waals surface area contributed by atoms with Crippen LogP contribution in [0.25, 0.3) is 22.3 Å². The van der Waals surface area contributed by atoms with Crippen LogP contribution in [0, 0.1) is 0 Å². The average Bonchev–Trinajstić information content (AvgIpc) is 3.15. The van der Waals surface area contributed by atoms with Crippen molar-refractivity contribution in [3.05, 3.63) is 56.9 Å². The molecule has 2 aliphatic heterocycles. The predicted octanol–water partition coefficient (Wildman–Crippen LogP) is 1.51. The molecule has 0 saturated carbocycles. The van der Waals surface area contributed by atoms with Crippen LogP contribution in [-0.2, 0) is 39.5 Å². The molecule has 0 bridgehead atoms. The summed E-state index contributed by atoms with van der Waals surface area (Å²) in [5.41, 5.74) is 7.59. The number of carbonyl (C=O) groups is 2. The normalized spacial score (nSPS) is 18.5. The lowest BCUT2D eigenvalue weighted by Crippen LogP contribution is -2.44. The fourth-order valence-corrected chi connectivity index (χ4v) is 4.74. The van der Waals surface area contributed by atoms with Crippen LogP contribution < -0.4 is 16.0 Å². The summed E-state index contributed by atoms with van der Waals surface area (Å²) in [7, 11) is 0. The first-order chi connectivity index (χ1) is 15.8. The molecule has 170 valence electrons. The summed E-state index contributed by atoms with van der Waals surface area (Å²) >= 11 is 0. The highest BCUT2D eigenvalue weighted by Gasteiger charge is 2.45. The number of carbonyl (C=O) groups excluding carboxylic acids is 2.